The van der Waals surface area contributed by atoms with Crippen LogP contribution in [0.25, 0.3) is 6.08 Å². The highest BCUT2D eigenvalue weighted by atomic mass is 79.9. The minimum Gasteiger partial charge on any atom is -0.326 e. The second kappa shape index (κ2) is 9.03. The number of hydrogen-bond acceptors (Lipinski definition) is 3. The van der Waals surface area contributed by atoms with E-state index in [1.165, 1.54) is 9.71 Å². The van der Waals surface area contributed by atoms with Gasteiger partial charge in [0.05, 0.1) is 0 Å². The van der Waals surface area contributed by atoms with Gasteiger partial charge in [0, 0.05) is 34.6 Å². The van der Waals surface area contributed by atoms with E-state index in [0.717, 1.165) is 21.3 Å². The monoisotopic (exact) mass is 462 g/mol. The first-order valence-electron chi connectivity index (χ1n) is 9.15. The van der Waals surface area contributed by atoms with Crippen LogP contribution in [-0.2, 0) is 14.8 Å². The molecule has 0 atom stereocenters. The number of nitrogens with zero attached hydrogens (tertiary/aromatic N) is 1. The Morgan fingerprint density at radius 3 is 2.46 bits per heavy atom. The lowest BCUT2D eigenvalue weighted by Crippen LogP contribution is -2.40. The molecule has 0 unspecified atom stereocenters. The smallest absolute Gasteiger partial charge is 0.236 e. The first-order valence-corrected chi connectivity index (χ1v) is 11.4. The van der Waals surface area contributed by atoms with Gasteiger partial charge in [-0.05, 0) is 55.2 Å². The Balaban J connectivity index is 1.56. The van der Waals surface area contributed by atoms with Gasteiger partial charge in [-0.1, -0.05) is 46.3 Å². The molecule has 0 aliphatic carbocycles. The number of nitrogens with one attached hydrogen (secondary N) is 1. The van der Waals surface area contributed by atoms with Crippen LogP contribution in [0.3, 0.4) is 0 Å². The molecule has 0 radical (unpaired) electrons. The van der Waals surface area contributed by atoms with E-state index < -0.39 is 10.0 Å². The van der Waals surface area contributed by atoms with Crippen molar-refractivity contribution in [3.8, 4) is 0 Å². The normalized spacial score (nSPS) is 16.4. The summed E-state index contributed by atoms with van der Waals surface area (Å²) in [5, 5.41) is 4.18. The second-order valence-corrected chi connectivity index (χ2v) is 9.56. The fourth-order valence-electron chi connectivity index (χ4n) is 3.15. The van der Waals surface area contributed by atoms with Gasteiger partial charge in [-0.15, -0.1) is 0 Å². The van der Waals surface area contributed by atoms with Gasteiger partial charge in [-0.2, -0.15) is 4.31 Å². The predicted molar refractivity (Wildman–Crippen MR) is 116 cm³/mol. The maximum atomic E-state index is 12.5. The molecule has 1 N–H and O–H groups in total. The lowest BCUT2D eigenvalue weighted by Gasteiger charge is -2.29. The van der Waals surface area contributed by atoms with E-state index >= 15 is 0 Å². The Kier molecular flexibility index (Phi) is 6.69. The topological polar surface area (TPSA) is 66.5 Å². The Morgan fingerprint density at radius 1 is 1.14 bits per heavy atom. The number of sulfonamides is 1. The highest BCUT2D eigenvalue weighted by molar-refractivity contribution is 9.10. The predicted octanol–water partition coefficient (Wildman–Crippen LogP) is 4.41. The number of aryl methyl sites for hydroxylation is 1. The molecule has 0 aromatic heterocycles. The molecule has 0 spiro atoms. The van der Waals surface area contributed by atoms with Crippen LogP contribution in [0.2, 0.25) is 0 Å². The van der Waals surface area contributed by atoms with Crippen LogP contribution in [0.4, 0.5) is 5.69 Å². The van der Waals surface area contributed by atoms with Gasteiger partial charge in [-0.3, -0.25) is 4.79 Å². The Labute approximate surface area is 174 Å². The van der Waals surface area contributed by atoms with Crippen LogP contribution >= 0.6 is 15.9 Å². The molecule has 1 aliphatic rings. The van der Waals surface area contributed by atoms with E-state index in [0.29, 0.717) is 25.9 Å². The molecule has 1 saturated heterocycles. The summed E-state index contributed by atoms with van der Waals surface area (Å²) in [5.41, 5.74) is 2.64. The van der Waals surface area contributed by atoms with Crippen LogP contribution in [0.15, 0.2) is 58.4 Å². The van der Waals surface area contributed by atoms with Gasteiger partial charge in [0.15, 0.2) is 0 Å². The molecule has 2 aromatic carbocycles. The minimum atomic E-state index is -3.48. The first-order chi connectivity index (χ1) is 13.3. The van der Waals surface area contributed by atoms with Gasteiger partial charge < -0.3 is 5.32 Å². The van der Waals surface area contributed by atoms with E-state index in [2.05, 4.69) is 21.2 Å². The molecule has 5 nitrogen and oxygen atoms in total. The molecule has 148 valence electrons. The van der Waals surface area contributed by atoms with Gasteiger partial charge in [0.2, 0.25) is 15.9 Å². The summed E-state index contributed by atoms with van der Waals surface area (Å²) in [6.07, 6.45) is 2.63. The standard InChI is InChI=1S/C21H23BrN2O3S/c1-16-15-19(7-8-20(16)22)23-21(25)18-9-12-24(13-10-18)28(26,27)14-11-17-5-3-2-4-6-17/h2-8,11,14-15,18H,9-10,12-13H2,1H3,(H,23,25)/b14-11+. The maximum absolute atomic E-state index is 12.5. The van der Waals surface area contributed by atoms with E-state index in [4.69, 9.17) is 0 Å². The third-order valence-corrected chi connectivity index (χ3v) is 7.30. The number of rotatable bonds is 5. The van der Waals surface area contributed by atoms with Crippen molar-refractivity contribution in [1.82, 2.24) is 4.31 Å². The van der Waals surface area contributed by atoms with Crippen molar-refractivity contribution in [2.24, 2.45) is 5.92 Å². The van der Waals surface area contributed by atoms with E-state index in [-0.39, 0.29) is 11.8 Å². The van der Waals surface area contributed by atoms with Crippen molar-refractivity contribution in [2.45, 2.75) is 19.8 Å². The third kappa shape index (κ3) is 5.31. The SMILES string of the molecule is Cc1cc(NC(=O)C2CCN(S(=O)(=O)/C=C/c3ccccc3)CC2)ccc1Br. The lowest BCUT2D eigenvalue weighted by molar-refractivity contribution is -0.120. The zero-order chi connectivity index (χ0) is 20.1. The van der Waals surface area contributed by atoms with Crippen molar-refractivity contribution in [3.63, 3.8) is 0 Å². The zero-order valence-electron chi connectivity index (χ0n) is 15.6. The molecule has 7 heteroatoms. The van der Waals surface area contributed by atoms with Crippen LogP contribution in [-0.4, -0.2) is 31.7 Å². The lowest BCUT2D eigenvalue weighted by atomic mass is 9.97. The fourth-order valence-corrected chi connectivity index (χ4v) is 4.62. The molecule has 1 fully saturated rings. The third-order valence-electron chi connectivity index (χ3n) is 4.84. The highest BCUT2D eigenvalue weighted by Gasteiger charge is 2.30. The number of amides is 1. The van der Waals surface area contributed by atoms with Crippen LogP contribution in [0.5, 0.6) is 0 Å². The number of anilines is 1. The average Bonchev–Trinajstić information content (AvgIpc) is 2.70. The van der Waals surface area contributed by atoms with Gasteiger partial charge in [0.25, 0.3) is 0 Å². The van der Waals surface area contributed by atoms with Crippen molar-refractivity contribution in [1.29, 1.82) is 0 Å². The van der Waals surface area contributed by atoms with Gasteiger partial charge >= 0.3 is 0 Å². The number of benzene rings is 2. The number of carbonyl (C=O) groups is 1. The largest absolute Gasteiger partial charge is 0.326 e. The number of hydrogen-bond donors (Lipinski definition) is 1. The molecule has 1 aliphatic heterocycles. The van der Waals surface area contributed by atoms with Crippen LogP contribution in [0.1, 0.15) is 24.0 Å². The van der Waals surface area contributed by atoms with Crippen molar-refractivity contribution in [3.05, 3.63) is 69.5 Å². The maximum Gasteiger partial charge on any atom is 0.236 e. The molecule has 2 aromatic rings. The number of carbonyl (C=O) groups excluding carboxylic acids is 1. The summed E-state index contributed by atoms with van der Waals surface area (Å²) in [6, 6.07) is 15.0. The summed E-state index contributed by atoms with van der Waals surface area (Å²) in [4.78, 5) is 12.5. The van der Waals surface area contributed by atoms with Crippen molar-refractivity contribution in [2.75, 3.05) is 18.4 Å². The minimum absolute atomic E-state index is 0.0569. The Bertz CT molecular complexity index is 966. The number of piperidine rings is 1. The fraction of sp³-hybridized carbons (Fsp3) is 0.286. The second-order valence-electron chi connectivity index (χ2n) is 6.88. The summed E-state index contributed by atoms with van der Waals surface area (Å²) in [7, 11) is -3.48. The zero-order valence-corrected chi connectivity index (χ0v) is 18.0. The summed E-state index contributed by atoms with van der Waals surface area (Å²) in [5.74, 6) is -0.243. The Hall–Kier alpha value is -1.96. The number of halogens is 1. The summed E-state index contributed by atoms with van der Waals surface area (Å²) in [6.45, 7) is 2.66. The Morgan fingerprint density at radius 2 is 1.82 bits per heavy atom. The molecule has 28 heavy (non-hydrogen) atoms. The van der Waals surface area contributed by atoms with E-state index in [1.807, 2.05) is 55.5 Å². The van der Waals surface area contributed by atoms with Crippen LogP contribution < -0.4 is 5.32 Å². The molecular formula is C21H23BrN2O3S. The quantitative estimate of drug-likeness (QED) is 0.715. The summed E-state index contributed by atoms with van der Waals surface area (Å²) >= 11 is 3.44. The van der Waals surface area contributed by atoms with Crippen molar-refractivity contribution >= 4 is 43.6 Å². The van der Waals surface area contributed by atoms with Gasteiger partial charge in [0.1, 0.15) is 0 Å². The van der Waals surface area contributed by atoms with Crippen molar-refractivity contribution < 1.29 is 13.2 Å². The molecule has 1 heterocycles. The summed E-state index contributed by atoms with van der Waals surface area (Å²) < 4.78 is 27.5. The molecular weight excluding hydrogens is 440 g/mol. The first kappa shape index (κ1) is 20.8. The van der Waals surface area contributed by atoms with E-state index in [9.17, 15) is 13.2 Å². The molecule has 0 saturated carbocycles. The molecule has 0 bridgehead atoms. The van der Waals surface area contributed by atoms with Gasteiger partial charge in [-0.25, -0.2) is 8.42 Å². The van der Waals surface area contributed by atoms with E-state index in [1.54, 1.807) is 6.08 Å². The highest BCUT2D eigenvalue weighted by Crippen LogP contribution is 2.24. The average molecular weight is 463 g/mol. The molecule has 1 amide bonds. The molecule has 3 rings (SSSR count). The van der Waals surface area contributed by atoms with Crippen LogP contribution in [0, 0.1) is 12.8 Å².